The van der Waals surface area contributed by atoms with E-state index in [4.69, 9.17) is 0 Å². The van der Waals surface area contributed by atoms with Crippen LogP contribution < -0.4 is 10.1 Å². The fourth-order valence-corrected chi connectivity index (χ4v) is 4.82. The number of hydrogen-bond acceptors (Lipinski definition) is 2. The minimum absolute atomic E-state index is 0.0432. The minimum atomic E-state index is -5.19. The maximum atomic E-state index is 15.0. The molecule has 14 heteroatoms. The van der Waals surface area contributed by atoms with Crippen LogP contribution in [0, 0.1) is 17.5 Å². The van der Waals surface area contributed by atoms with E-state index < -0.39 is 70.0 Å². The van der Waals surface area contributed by atoms with Crippen LogP contribution in [-0.2, 0) is 18.1 Å². The largest absolute Gasteiger partial charge is 0.461 e. The van der Waals surface area contributed by atoms with Crippen molar-refractivity contribution in [1.29, 1.82) is 0 Å². The van der Waals surface area contributed by atoms with Crippen molar-refractivity contribution in [3.8, 4) is 5.75 Å². The lowest BCUT2D eigenvalue weighted by molar-refractivity contribution is -0.253. The van der Waals surface area contributed by atoms with E-state index in [-0.39, 0.29) is 22.5 Å². The summed E-state index contributed by atoms with van der Waals surface area (Å²) in [6.45, 7) is 0. The highest BCUT2D eigenvalue weighted by molar-refractivity contribution is 9.10. The Labute approximate surface area is 251 Å². The summed E-state index contributed by atoms with van der Waals surface area (Å²) in [5, 5.41) is 2.48. The Hall–Kier alpha value is -4.07. The molecule has 0 aliphatic heterocycles. The van der Waals surface area contributed by atoms with E-state index in [9.17, 15) is 48.7 Å². The second-order valence-corrected chi connectivity index (χ2v) is 10.3. The van der Waals surface area contributed by atoms with Gasteiger partial charge in [-0.05, 0) is 75.1 Å². The second kappa shape index (κ2) is 12.5. The second-order valence-electron chi connectivity index (χ2n) is 9.48. The van der Waals surface area contributed by atoms with Crippen LogP contribution in [0.3, 0.4) is 0 Å². The highest BCUT2D eigenvalue weighted by Crippen LogP contribution is 2.39. The Morgan fingerprint density at radius 3 is 2.07 bits per heavy atom. The Morgan fingerprint density at radius 1 is 0.795 bits per heavy atom. The molecule has 4 aromatic rings. The first kappa shape index (κ1) is 32.8. The van der Waals surface area contributed by atoms with Crippen molar-refractivity contribution in [2.45, 2.75) is 30.7 Å². The standard InChI is InChI=1S/C30H18BrF10NO2/c31-23-13-18(7-9-25(23)34)28(15-16-4-2-1-3-5-16,19-11-20(32)14-21(12-19)44-30(40,41)27(35)36)42-26(43)17-6-8-24(33)22(10-17)29(37,38)39/h1-14,27H,15H2,(H,42,43). The smallest absolute Gasteiger partial charge is 0.428 e. The number of carbonyl (C=O) groups excluding carboxylic acids is 1. The quantitative estimate of drug-likeness (QED) is 0.178. The van der Waals surface area contributed by atoms with Crippen LogP contribution in [0.25, 0.3) is 0 Å². The number of benzene rings is 4. The van der Waals surface area contributed by atoms with E-state index in [0.717, 1.165) is 36.4 Å². The van der Waals surface area contributed by atoms with Gasteiger partial charge >= 0.3 is 18.7 Å². The third-order valence-electron chi connectivity index (χ3n) is 6.46. The molecule has 1 N–H and O–H groups in total. The number of carbonyl (C=O) groups is 1. The van der Waals surface area contributed by atoms with Gasteiger partial charge < -0.3 is 10.1 Å². The van der Waals surface area contributed by atoms with Gasteiger partial charge in [-0.25, -0.2) is 13.2 Å². The molecule has 0 aliphatic rings. The van der Waals surface area contributed by atoms with Gasteiger partial charge in [0.05, 0.1) is 15.6 Å². The minimum Gasteiger partial charge on any atom is -0.428 e. The summed E-state index contributed by atoms with van der Waals surface area (Å²) >= 11 is 3.00. The molecule has 0 radical (unpaired) electrons. The molecule has 44 heavy (non-hydrogen) atoms. The predicted molar refractivity (Wildman–Crippen MR) is 142 cm³/mol. The lowest BCUT2D eigenvalue weighted by Crippen LogP contribution is -2.49. The van der Waals surface area contributed by atoms with Gasteiger partial charge in [0.2, 0.25) is 0 Å². The lowest BCUT2D eigenvalue weighted by atomic mass is 9.77. The van der Waals surface area contributed by atoms with E-state index in [0.29, 0.717) is 17.7 Å². The lowest BCUT2D eigenvalue weighted by Gasteiger charge is -2.37. The molecule has 1 atom stereocenters. The zero-order chi connectivity index (χ0) is 32.4. The third kappa shape index (κ3) is 7.17. The zero-order valence-corrected chi connectivity index (χ0v) is 23.4. The van der Waals surface area contributed by atoms with Crippen LogP contribution in [0.5, 0.6) is 5.75 Å². The molecular formula is C30H18BrF10NO2. The molecule has 232 valence electrons. The van der Waals surface area contributed by atoms with E-state index in [2.05, 4.69) is 26.0 Å². The summed E-state index contributed by atoms with van der Waals surface area (Å²) in [5.41, 5.74) is -4.62. The maximum absolute atomic E-state index is 15.0. The number of halogens is 11. The van der Waals surface area contributed by atoms with Gasteiger partial charge in [0.15, 0.2) is 0 Å². The molecule has 0 aromatic heterocycles. The molecule has 0 bridgehead atoms. The number of ether oxygens (including phenoxy) is 1. The first-order valence-electron chi connectivity index (χ1n) is 12.4. The molecule has 0 saturated heterocycles. The summed E-state index contributed by atoms with van der Waals surface area (Å²) in [6.07, 6.45) is -14.9. The Bertz CT molecular complexity index is 1660. The van der Waals surface area contributed by atoms with Gasteiger partial charge in [-0.15, -0.1) is 0 Å². The van der Waals surface area contributed by atoms with Crippen LogP contribution in [-0.4, -0.2) is 18.4 Å². The van der Waals surface area contributed by atoms with Crippen molar-refractivity contribution in [3.63, 3.8) is 0 Å². The van der Waals surface area contributed by atoms with Crippen molar-refractivity contribution in [2.75, 3.05) is 0 Å². The first-order chi connectivity index (χ1) is 20.5. The third-order valence-corrected chi connectivity index (χ3v) is 7.07. The van der Waals surface area contributed by atoms with Crippen molar-refractivity contribution in [3.05, 3.63) is 135 Å². The molecule has 0 aliphatic carbocycles. The van der Waals surface area contributed by atoms with E-state index in [1.807, 2.05) is 0 Å². The molecule has 4 aromatic carbocycles. The normalized spacial score (nSPS) is 13.5. The van der Waals surface area contributed by atoms with Gasteiger partial charge in [-0.2, -0.15) is 30.7 Å². The number of nitrogens with one attached hydrogen (secondary N) is 1. The molecule has 0 saturated carbocycles. The molecule has 1 amide bonds. The Balaban J connectivity index is 1.99. The Morgan fingerprint density at radius 2 is 1.45 bits per heavy atom. The van der Waals surface area contributed by atoms with Crippen LogP contribution >= 0.6 is 15.9 Å². The predicted octanol–water partition coefficient (Wildman–Crippen LogP) is 9.04. The number of amides is 1. The van der Waals surface area contributed by atoms with Gasteiger partial charge in [-0.3, -0.25) is 4.79 Å². The van der Waals surface area contributed by atoms with E-state index in [1.165, 1.54) is 0 Å². The summed E-state index contributed by atoms with van der Waals surface area (Å²) < 4.78 is 141. The summed E-state index contributed by atoms with van der Waals surface area (Å²) in [7, 11) is 0. The van der Waals surface area contributed by atoms with Crippen LogP contribution in [0.1, 0.15) is 32.6 Å². The summed E-state index contributed by atoms with van der Waals surface area (Å²) in [6, 6.07) is 14.3. The average Bonchev–Trinajstić information content (AvgIpc) is 2.93. The number of rotatable bonds is 9. The molecule has 4 rings (SSSR count). The van der Waals surface area contributed by atoms with Gasteiger partial charge in [-0.1, -0.05) is 36.4 Å². The van der Waals surface area contributed by atoms with E-state index >= 15 is 0 Å². The van der Waals surface area contributed by atoms with Crippen molar-refractivity contribution in [2.24, 2.45) is 0 Å². The van der Waals surface area contributed by atoms with Gasteiger partial charge in [0.1, 0.15) is 23.2 Å². The summed E-state index contributed by atoms with van der Waals surface area (Å²) in [4.78, 5) is 13.6. The molecule has 0 fully saturated rings. The van der Waals surface area contributed by atoms with E-state index in [1.54, 1.807) is 30.3 Å². The fourth-order valence-electron chi connectivity index (χ4n) is 4.44. The Kier molecular flexibility index (Phi) is 9.33. The first-order valence-corrected chi connectivity index (χ1v) is 13.2. The molecule has 3 nitrogen and oxygen atoms in total. The average molecular weight is 694 g/mol. The fraction of sp³-hybridized carbons (Fsp3) is 0.167. The van der Waals surface area contributed by atoms with Crippen molar-refractivity contribution in [1.82, 2.24) is 5.32 Å². The number of alkyl halides is 7. The van der Waals surface area contributed by atoms with Crippen LogP contribution in [0.15, 0.2) is 89.4 Å². The number of hydrogen-bond donors (Lipinski definition) is 1. The molecular weight excluding hydrogens is 676 g/mol. The van der Waals surface area contributed by atoms with Crippen molar-refractivity contribution < 1.29 is 53.4 Å². The SMILES string of the molecule is O=C(NC(Cc1ccccc1)(c1cc(F)cc(OC(F)(F)C(F)F)c1)c1ccc(F)c(Br)c1)c1ccc(F)c(C(F)(F)F)c1. The summed E-state index contributed by atoms with van der Waals surface area (Å²) in [5.74, 6) is -6.09. The van der Waals surface area contributed by atoms with Crippen LogP contribution in [0.2, 0.25) is 0 Å². The molecule has 1 unspecified atom stereocenters. The highest BCUT2D eigenvalue weighted by Gasteiger charge is 2.45. The van der Waals surface area contributed by atoms with Gasteiger partial charge in [0.25, 0.3) is 5.91 Å². The van der Waals surface area contributed by atoms with Crippen LogP contribution in [0.4, 0.5) is 43.9 Å². The van der Waals surface area contributed by atoms with Crippen molar-refractivity contribution >= 4 is 21.8 Å². The topological polar surface area (TPSA) is 38.3 Å². The molecule has 0 spiro atoms. The zero-order valence-electron chi connectivity index (χ0n) is 21.8. The monoisotopic (exact) mass is 693 g/mol. The van der Waals surface area contributed by atoms with Gasteiger partial charge in [0, 0.05) is 18.1 Å². The molecule has 0 heterocycles. The highest BCUT2D eigenvalue weighted by atomic mass is 79.9. The maximum Gasteiger partial charge on any atom is 0.461 e.